The summed E-state index contributed by atoms with van der Waals surface area (Å²) >= 11 is 0. The highest BCUT2D eigenvalue weighted by molar-refractivity contribution is 7.43. The first-order valence-electron chi connectivity index (χ1n) is 15.6. The van der Waals surface area contributed by atoms with Crippen molar-refractivity contribution in [2.24, 2.45) is 0 Å². The van der Waals surface area contributed by atoms with Gasteiger partial charge in [-0.25, -0.2) is 0 Å². The monoisotopic (exact) mass is 590 g/mol. The van der Waals surface area contributed by atoms with E-state index in [1.807, 2.05) is 0 Å². The lowest BCUT2D eigenvalue weighted by Gasteiger charge is -2.29. The van der Waals surface area contributed by atoms with Crippen LogP contribution in [0.25, 0.3) is 0 Å². The van der Waals surface area contributed by atoms with Crippen molar-refractivity contribution in [3.63, 3.8) is 0 Å². The molecule has 0 radical (unpaired) electrons. The van der Waals surface area contributed by atoms with Gasteiger partial charge in [0.1, 0.15) is 17.2 Å². The minimum atomic E-state index is -1.82. The summed E-state index contributed by atoms with van der Waals surface area (Å²) in [5.74, 6) is 3.90. The predicted molar refractivity (Wildman–Crippen MR) is 182 cm³/mol. The number of rotatable bonds is 10. The van der Waals surface area contributed by atoms with Gasteiger partial charge in [0, 0.05) is 5.56 Å². The quantitative estimate of drug-likeness (QED) is 0.220. The maximum absolute atomic E-state index is 6.79. The van der Waals surface area contributed by atoms with Crippen LogP contribution in [0.15, 0.2) is 54.6 Å². The average molecular weight is 591 g/mol. The molecule has 0 saturated carbocycles. The fourth-order valence-corrected chi connectivity index (χ4v) is 5.97. The van der Waals surface area contributed by atoms with Crippen molar-refractivity contribution in [1.82, 2.24) is 0 Å². The summed E-state index contributed by atoms with van der Waals surface area (Å²) in [6, 6.07) is 19.6. The highest BCUT2D eigenvalue weighted by Gasteiger charge is 2.29. The average Bonchev–Trinajstić information content (AvgIpc) is 2.87. The van der Waals surface area contributed by atoms with E-state index >= 15 is 0 Å². The van der Waals surface area contributed by atoms with E-state index in [-0.39, 0.29) is 10.8 Å². The Morgan fingerprint density at radius 2 is 0.881 bits per heavy atom. The Kier molecular flexibility index (Phi) is 10.9. The van der Waals surface area contributed by atoms with Crippen LogP contribution in [-0.4, -0.2) is 0 Å². The second kappa shape index (κ2) is 13.4. The van der Waals surface area contributed by atoms with E-state index in [9.17, 15) is 0 Å². The zero-order chi connectivity index (χ0) is 31.6. The second-order valence-electron chi connectivity index (χ2n) is 14.9. The van der Waals surface area contributed by atoms with Gasteiger partial charge in [0.15, 0.2) is 0 Å². The molecule has 0 amide bonds. The van der Waals surface area contributed by atoms with Gasteiger partial charge in [-0.15, -0.1) is 0 Å². The lowest BCUT2D eigenvalue weighted by molar-refractivity contribution is 0.377. The highest BCUT2D eigenvalue weighted by Crippen LogP contribution is 2.49. The molecule has 230 valence electrons. The van der Waals surface area contributed by atoms with Crippen molar-refractivity contribution >= 4 is 8.60 Å². The molecular weight excluding hydrogens is 535 g/mol. The number of hydrogen-bond acceptors (Lipinski definition) is 3. The van der Waals surface area contributed by atoms with Crippen molar-refractivity contribution in [3.05, 3.63) is 88.0 Å². The summed E-state index contributed by atoms with van der Waals surface area (Å²) in [4.78, 5) is 0. The maximum atomic E-state index is 6.79. The van der Waals surface area contributed by atoms with Gasteiger partial charge in [-0.05, 0) is 80.5 Å². The lowest BCUT2D eigenvalue weighted by Crippen LogP contribution is -2.18. The van der Waals surface area contributed by atoms with Gasteiger partial charge < -0.3 is 13.6 Å². The van der Waals surface area contributed by atoms with Crippen LogP contribution in [0, 0.1) is 0 Å². The molecule has 0 saturated heterocycles. The van der Waals surface area contributed by atoms with Crippen LogP contribution in [0.5, 0.6) is 17.2 Å². The topological polar surface area (TPSA) is 27.7 Å². The molecule has 0 aliphatic heterocycles. The molecule has 0 aromatic heterocycles. The van der Waals surface area contributed by atoms with Crippen molar-refractivity contribution < 1.29 is 13.6 Å². The van der Waals surface area contributed by atoms with Gasteiger partial charge in [-0.1, -0.05) is 133 Å². The molecule has 0 N–H and O–H groups in total. The van der Waals surface area contributed by atoms with Crippen LogP contribution in [0.4, 0.5) is 0 Å². The van der Waals surface area contributed by atoms with Gasteiger partial charge in [-0.3, -0.25) is 0 Å². The first-order chi connectivity index (χ1) is 19.4. The molecule has 3 nitrogen and oxygen atoms in total. The Morgan fingerprint density at radius 3 is 1.24 bits per heavy atom. The van der Waals surface area contributed by atoms with Crippen LogP contribution in [0.2, 0.25) is 0 Å². The van der Waals surface area contributed by atoms with E-state index in [2.05, 4.69) is 152 Å². The second-order valence-corrected chi connectivity index (χ2v) is 15.9. The van der Waals surface area contributed by atoms with Gasteiger partial charge in [0.25, 0.3) is 0 Å². The molecule has 0 aliphatic rings. The van der Waals surface area contributed by atoms with Gasteiger partial charge in [0.05, 0.1) is 0 Å². The predicted octanol–water partition coefficient (Wildman–Crippen LogP) is 12.5. The summed E-state index contributed by atoms with van der Waals surface area (Å²) in [7, 11) is -1.82. The van der Waals surface area contributed by atoms with Gasteiger partial charge in [-0.2, -0.15) is 0 Å². The standard InChI is InChI=1S/C38H55O3P/c1-24(2)28-15-18-34(31(21-28)26(5)6)39-42(40-35-19-16-29(25(3)4)22-32(35)27(7)8)41-36-20-17-30(37(9,10)11)23-33(36)38(12,13)14/h15-27H,1-14H3. The van der Waals surface area contributed by atoms with Gasteiger partial charge in [0.2, 0.25) is 0 Å². The summed E-state index contributed by atoms with van der Waals surface area (Å²) in [6.45, 7) is 31.2. The summed E-state index contributed by atoms with van der Waals surface area (Å²) in [6.07, 6.45) is 0. The Bertz CT molecular complexity index is 1270. The van der Waals surface area contributed by atoms with E-state index in [4.69, 9.17) is 13.6 Å². The zero-order valence-electron chi connectivity index (χ0n) is 28.7. The fraction of sp³-hybridized carbons (Fsp3) is 0.526. The van der Waals surface area contributed by atoms with Crippen LogP contribution in [0.3, 0.4) is 0 Å². The zero-order valence-corrected chi connectivity index (χ0v) is 29.6. The Morgan fingerprint density at radius 1 is 0.476 bits per heavy atom. The van der Waals surface area contributed by atoms with Gasteiger partial charge >= 0.3 is 8.60 Å². The molecule has 0 heterocycles. The molecule has 0 atom stereocenters. The van der Waals surface area contributed by atoms with Crippen molar-refractivity contribution in [1.29, 1.82) is 0 Å². The van der Waals surface area contributed by atoms with E-state index in [0.29, 0.717) is 23.7 Å². The van der Waals surface area contributed by atoms with Crippen molar-refractivity contribution in [3.8, 4) is 17.2 Å². The molecule has 42 heavy (non-hydrogen) atoms. The third-order valence-electron chi connectivity index (χ3n) is 7.82. The van der Waals surface area contributed by atoms with E-state index in [1.165, 1.54) is 27.8 Å². The van der Waals surface area contributed by atoms with Crippen LogP contribution in [-0.2, 0) is 10.8 Å². The minimum absolute atomic E-state index is 0.0327. The molecule has 3 aromatic rings. The molecule has 3 rings (SSSR count). The third kappa shape index (κ3) is 8.53. The van der Waals surface area contributed by atoms with Crippen LogP contribution < -0.4 is 13.6 Å². The smallest absolute Gasteiger partial charge is 0.408 e. The van der Waals surface area contributed by atoms with E-state index in [1.54, 1.807) is 0 Å². The minimum Gasteiger partial charge on any atom is -0.408 e. The largest absolute Gasteiger partial charge is 0.530 e. The molecule has 0 unspecified atom stereocenters. The summed E-state index contributed by atoms with van der Waals surface area (Å²) < 4.78 is 20.3. The van der Waals surface area contributed by atoms with Crippen molar-refractivity contribution in [2.45, 2.75) is 131 Å². The first-order valence-corrected chi connectivity index (χ1v) is 16.7. The summed E-state index contributed by atoms with van der Waals surface area (Å²) in [5.41, 5.74) is 7.27. The first kappa shape index (κ1) is 34.0. The van der Waals surface area contributed by atoms with Crippen LogP contribution >= 0.6 is 8.60 Å². The van der Waals surface area contributed by atoms with E-state index in [0.717, 1.165) is 22.8 Å². The number of hydrogen-bond donors (Lipinski definition) is 0. The number of benzene rings is 3. The molecular formula is C38H55O3P. The molecule has 4 heteroatoms. The molecule has 3 aromatic carbocycles. The Balaban J connectivity index is 2.14. The van der Waals surface area contributed by atoms with Crippen molar-refractivity contribution in [2.75, 3.05) is 0 Å². The Labute approximate surface area is 258 Å². The molecule has 0 fully saturated rings. The SMILES string of the molecule is CC(C)c1ccc(OP(Oc2ccc(C(C)C)cc2C(C)C)Oc2ccc(C(C)(C)C)cc2C(C)(C)C)c(C(C)C)c1. The van der Waals surface area contributed by atoms with Crippen LogP contribution in [0.1, 0.15) is 154 Å². The molecule has 0 bridgehead atoms. The maximum Gasteiger partial charge on any atom is 0.530 e. The fourth-order valence-electron chi connectivity index (χ4n) is 4.88. The Hall–Kier alpha value is -2.51. The molecule has 0 aliphatic carbocycles. The van der Waals surface area contributed by atoms with E-state index < -0.39 is 8.60 Å². The third-order valence-corrected chi connectivity index (χ3v) is 8.85. The summed E-state index contributed by atoms with van der Waals surface area (Å²) in [5, 5.41) is 0. The highest BCUT2D eigenvalue weighted by atomic mass is 31.2. The lowest BCUT2D eigenvalue weighted by atomic mass is 9.80. The molecule has 0 spiro atoms. The normalized spacial score (nSPS) is 12.6.